The summed E-state index contributed by atoms with van der Waals surface area (Å²) in [5, 5.41) is 3.13. The predicted molar refractivity (Wildman–Crippen MR) is 70.9 cm³/mol. The van der Waals surface area contributed by atoms with Crippen LogP contribution in [0.25, 0.3) is 0 Å². The van der Waals surface area contributed by atoms with Crippen molar-refractivity contribution in [2.24, 2.45) is 0 Å². The van der Waals surface area contributed by atoms with Gasteiger partial charge in [0.05, 0.1) is 0 Å². The maximum atomic E-state index is 4.15. The Morgan fingerprint density at radius 2 is 2.38 bits per heavy atom. The molecule has 0 aliphatic rings. The van der Waals surface area contributed by atoms with E-state index in [4.69, 9.17) is 0 Å². The van der Waals surface area contributed by atoms with E-state index in [9.17, 15) is 0 Å². The molecule has 2 rings (SSSR count). The largest absolute Gasteiger partial charge is 0.316 e. The third-order valence-electron chi connectivity index (χ3n) is 1.92. The smallest absolute Gasteiger partial charge is 0.174 e. The van der Waals surface area contributed by atoms with Crippen molar-refractivity contribution < 1.29 is 0 Å². The van der Waals surface area contributed by atoms with Crippen LogP contribution in [-0.4, -0.2) is 16.4 Å². The van der Waals surface area contributed by atoms with E-state index in [1.165, 1.54) is 17.1 Å². The maximum absolute atomic E-state index is 4.15. The number of hydrogen-bond donors (Lipinski definition) is 1. The molecule has 3 nitrogen and oxygen atoms in total. The highest BCUT2D eigenvalue weighted by atomic mass is 79.9. The lowest BCUT2D eigenvalue weighted by Gasteiger charge is -2.05. The molecule has 0 bridgehead atoms. The lowest BCUT2D eigenvalue weighted by molar-refractivity contribution is 0.816. The molecule has 1 aromatic carbocycles. The summed E-state index contributed by atoms with van der Waals surface area (Å²) < 4.78 is 6.04. The fourth-order valence-corrected chi connectivity index (χ4v) is 3.32. The first kappa shape index (κ1) is 12.0. The third-order valence-corrected chi connectivity index (χ3v) is 4.62. The number of halogens is 1. The van der Waals surface area contributed by atoms with Crippen molar-refractivity contribution in [2.45, 2.75) is 15.8 Å². The Labute approximate surface area is 111 Å². The fraction of sp³-hybridized carbons (Fsp3) is 0.200. The van der Waals surface area contributed by atoms with Crippen molar-refractivity contribution in [1.82, 2.24) is 14.7 Å². The molecule has 0 atom stereocenters. The molecule has 0 radical (unpaired) electrons. The van der Waals surface area contributed by atoms with Crippen molar-refractivity contribution in [1.29, 1.82) is 0 Å². The fourth-order valence-electron chi connectivity index (χ4n) is 1.24. The summed E-state index contributed by atoms with van der Waals surface area (Å²) in [6.07, 6.45) is 1.58. The van der Waals surface area contributed by atoms with E-state index >= 15 is 0 Å². The van der Waals surface area contributed by atoms with E-state index in [-0.39, 0.29) is 0 Å². The Bertz CT molecular complexity index is 459. The van der Waals surface area contributed by atoms with Gasteiger partial charge in [-0.05, 0) is 52.2 Å². The van der Waals surface area contributed by atoms with Gasteiger partial charge in [0, 0.05) is 15.9 Å². The van der Waals surface area contributed by atoms with E-state index < -0.39 is 0 Å². The highest BCUT2D eigenvalue weighted by Crippen LogP contribution is 2.34. The molecule has 6 heteroatoms. The van der Waals surface area contributed by atoms with Gasteiger partial charge in [-0.3, -0.25) is 0 Å². The second-order valence-electron chi connectivity index (χ2n) is 3.10. The molecule has 0 amide bonds. The van der Waals surface area contributed by atoms with Crippen molar-refractivity contribution in [3.63, 3.8) is 0 Å². The van der Waals surface area contributed by atoms with Crippen molar-refractivity contribution in [3.05, 3.63) is 34.6 Å². The second-order valence-corrected chi connectivity index (χ2v) is 6.03. The summed E-state index contributed by atoms with van der Waals surface area (Å²) >= 11 is 6.61. The summed E-state index contributed by atoms with van der Waals surface area (Å²) in [6, 6.07) is 6.34. The van der Waals surface area contributed by atoms with Crippen LogP contribution >= 0.6 is 39.2 Å². The number of hydrogen-bond acceptors (Lipinski definition) is 5. The van der Waals surface area contributed by atoms with Crippen LogP contribution in [0.2, 0.25) is 0 Å². The first-order valence-corrected chi connectivity index (χ1v) is 7.05. The first-order valence-electron chi connectivity index (χ1n) is 4.67. The monoisotopic (exact) mass is 315 g/mol. The van der Waals surface area contributed by atoms with Gasteiger partial charge < -0.3 is 5.32 Å². The second kappa shape index (κ2) is 5.77. The molecule has 1 N–H and O–H groups in total. The van der Waals surface area contributed by atoms with Gasteiger partial charge in [0.1, 0.15) is 6.33 Å². The van der Waals surface area contributed by atoms with Crippen molar-refractivity contribution in [3.8, 4) is 0 Å². The summed E-state index contributed by atoms with van der Waals surface area (Å²) in [5.41, 5.74) is 1.26. The summed E-state index contributed by atoms with van der Waals surface area (Å²) in [7, 11) is 1.94. The number of rotatable bonds is 4. The normalized spacial score (nSPS) is 10.6. The maximum Gasteiger partial charge on any atom is 0.174 e. The zero-order valence-electron chi connectivity index (χ0n) is 8.61. The minimum Gasteiger partial charge on any atom is -0.316 e. The molecule has 84 valence electrons. The Hall–Kier alpha value is -0.430. The molecule has 0 saturated carbocycles. The molecule has 0 aliphatic heterocycles. The zero-order valence-corrected chi connectivity index (χ0v) is 11.8. The summed E-state index contributed by atoms with van der Waals surface area (Å²) in [4.78, 5) is 5.31. The van der Waals surface area contributed by atoms with E-state index in [1.54, 1.807) is 18.1 Å². The van der Waals surface area contributed by atoms with E-state index in [0.717, 1.165) is 20.3 Å². The SMILES string of the molecule is CNCc1ccc(Sc2ncns2)c(Br)c1. The molecular weight excluding hydrogens is 306 g/mol. The Balaban J connectivity index is 2.16. The molecule has 0 spiro atoms. The van der Waals surface area contributed by atoms with Gasteiger partial charge in [-0.1, -0.05) is 17.8 Å². The van der Waals surface area contributed by atoms with Gasteiger partial charge in [-0.15, -0.1) is 0 Å². The highest BCUT2D eigenvalue weighted by molar-refractivity contribution is 9.10. The van der Waals surface area contributed by atoms with Crippen LogP contribution in [0.5, 0.6) is 0 Å². The van der Waals surface area contributed by atoms with Crippen LogP contribution in [0.1, 0.15) is 5.56 Å². The Morgan fingerprint density at radius 1 is 1.50 bits per heavy atom. The topological polar surface area (TPSA) is 37.8 Å². The number of aromatic nitrogens is 2. The quantitative estimate of drug-likeness (QED) is 0.940. The van der Waals surface area contributed by atoms with E-state index in [0.29, 0.717) is 0 Å². The summed E-state index contributed by atoms with van der Waals surface area (Å²) in [6.45, 7) is 0.877. The molecule has 0 saturated heterocycles. The molecule has 0 aliphatic carbocycles. The van der Waals surface area contributed by atoms with Crippen LogP contribution in [0, 0.1) is 0 Å². The molecule has 1 aromatic heterocycles. The van der Waals surface area contributed by atoms with Gasteiger partial charge in [0.2, 0.25) is 0 Å². The van der Waals surface area contributed by atoms with E-state index in [2.05, 4.69) is 48.8 Å². The Morgan fingerprint density at radius 3 is 3.00 bits per heavy atom. The molecule has 1 heterocycles. The van der Waals surface area contributed by atoms with Crippen LogP contribution < -0.4 is 5.32 Å². The molecule has 0 unspecified atom stereocenters. The average molecular weight is 316 g/mol. The zero-order chi connectivity index (χ0) is 11.4. The lowest BCUT2D eigenvalue weighted by atomic mass is 10.2. The number of nitrogens with zero attached hydrogens (tertiary/aromatic N) is 2. The Kier molecular flexibility index (Phi) is 4.34. The van der Waals surface area contributed by atoms with Crippen LogP contribution in [0.3, 0.4) is 0 Å². The van der Waals surface area contributed by atoms with E-state index in [1.807, 2.05) is 7.05 Å². The number of benzene rings is 1. The van der Waals surface area contributed by atoms with Crippen LogP contribution in [-0.2, 0) is 6.54 Å². The first-order chi connectivity index (χ1) is 7.79. The van der Waals surface area contributed by atoms with Gasteiger partial charge in [-0.25, -0.2) is 4.98 Å². The van der Waals surface area contributed by atoms with Gasteiger partial charge >= 0.3 is 0 Å². The molecule has 2 aromatic rings. The van der Waals surface area contributed by atoms with Crippen molar-refractivity contribution in [2.75, 3.05) is 7.05 Å². The number of nitrogens with one attached hydrogen (secondary N) is 1. The lowest BCUT2D eigenvalue weighted by Crippen LogP contribution is -2.04. The predicted octanol–water partition coefficient (Wildman–Crippen LogP) is 3.17. The highest BCUT2D eigenvalue weighted by Gasteiger charge is 2.05. The summed E-state index contributed by atoms with van der Waals surface area (Å²) in [5.74, 6) is 0. The minimum absolute atomic E-state index is 0.877. The molecular formula is C10H10BrN3S2. The van der Waals surface area contributed by atoms with Crippen LogP contribution in [0.15, 0.2) is 38.2 Å². The minimum atomic E-state index is 0.877. The standard InChI is InChI=1S/C10H10BrN3S2/c1-12-5-7-2-3-9(8(11)4-7)15-10-13-6-14-16-10/h2-4,6,12H,5H2,1H3. The average Bonchev–Trinajstić information content (AvgIpc) is 2.75. The van der Waals surface area contributed by atoms with Crippen LogP contribution in [0.4, 0.5) is 0 Å². The molecule has 0 fully saturated rings. The van der Waals surface area contributed by atoms with Gasteiger partial charge in [0.15, 0.2) is 4.34 Å². The van der Waals surface area contributed by atoms with Crippen molar-refractivity contribution >= 4 is 39.2 Å². The van der Waals surface area contributed by atoms with Gasteiger partial charge in [-0.2, -0.15) is 4.37 Å². The van der Waals surface area contributed by atoms with Gasteiger partial charge in [0.25, 0.3) is 0 Å². The molecule has 16 heavy (non-hydrogen) atoms. The third kappa shape index (κ3) is 3.04.